The van der Waals surface area contributed by atoms with E-state index in [4.69, 9.17) is 5.11 Å². The molecule has 0 unspecified atom stereocenters. The van der Waals surface area contributed by atoms with Gasteiger partial charge in [0.25, 0.3) is 0 Å². The molecule has 0 bridgehead atoms. The number of hydrogen-bond acceptors (Lipinski definition) is 2. The molecule has 0 atom stereocenters. The molecule has 1 aromatic heterocycles. The molecule has 0 saturated heterocycles. The molecule has 0 radical (unpaired) electrons. The van der Waals surface area contributed by atoms with E-state index in [1.807, 2.05) is 30.3 Å². The van der Waals surface area contributed by atoms with Gasteiger partial charge in [-0.2, -0.15) is 5.10 Å². The van der Waals surface area contributed by atoms with Crippen LogP contribution in [-0.4, -0.2) is 14.9 Å². The lowest BCUT2D eigenvalue weighted by atomic mass is 10.1. The molecule has 2 aromatic rings. The SMILES string of the molecule is C=Cc1ccccc1Cn1cc(O)cn1. The maximum atomic E-state index is 9.15. The molecule has 3 nitrogen and oxygen atoms in total. The maximum absolute atomic E-state index is 9.15. The van der Waals surface area contributed by atoms with E-state index >= 15 is 0 Å². The van der Waals surface area contributed by atoms with E-state index in [0.717, 1.165) is 11.1 Å². The average Bonchev–Trinajstić information content (AvgIpc) is 2.65. The monoisotopic (exact) mass is 200 g/mol. The highest BCUT2D eigenvalue weighted by atomic mass is 16.3. The summed E-state index contributed by atoms with van der Waals surface area (Å²) in [6.07, 6.45) is 4.84. The standard InChI is InChI=1S/C12H12N2O/c1-2-10-5-3-4-6-11(10)8-14-9-12(15)7-13-14/h2-7,9,15H,1,8H2. The second-order valence-corrected chi connectivity index (χ2v) is 3.30. The smallest absolute Gasteiger partial charge is 0.153 e. The van der Waals surface area contributed by atoms with Crippen molar-refractivity contribution in [2.45, 2.75) is 6.54 Å². The molecule has 0 saturated carbocycles. The summed E-state index contributed by atoms with van der Waals surface area (Å²) >= 11 is 0. The fourth-order valence-corrected chi connectivity index (χ4v) is 1.49. The van der Waals surface area contributed by atoms with Crippen LogP contribution in [0.4, 0.5) is 0 Å². The second kappa shape index (κ2) is 4.00. The van der Waals surface area contributed by atoms with E-state index < -0.39 is 0 Å². The molecule has 15 heavy (non-hydrogen) atoms. The Balaban J connectivity index is 2.27. The van der Waals surface area contributed by atoms with Crippen LogP contribution in [0.25, 0.3) is 6.08 Å². The van der Waals surface area contributed by atoms with Gasteiger partial charge in [0.1, 0.15) is 0 Å². The number of nitrogens with zero attached hydrogens (tertiary/aromatic N) is 2. The van der Waals surface area contributed by atoms with Gasteiger partial charge in [0, 0.05) is 0 Å². The molecule has 0 spiro atoms. The Morgan fingerprint density at radius 3 is 2.87 bits per heavy atom. The molecular weight excluding hydrogens is 188 g/mol. The summed E-state index contributed by atoms with van der Waals surface area (Å²) in [5, 5.41) is 13.2. The van der Waals surface area contributed by atoms with Crippen molar-refractivity contribution in [2.75, 3.05) is 0 Å². The second-order valence-electron chi connectivity index (χ2n) is 3.30. The lowest BCUT2D eigenvalue weighted by Gasteiger charge is -2.05. The van der Waals surface area contributed by atoms with E-state index in [1.165, 1.54) is 6.20 Å². The summed E-state index contributed by atoms with van der Waals surface area (Å²) in [7, 11) is 0. The van der Waals surface area contributed by atoms with Crippen LogP contribution >= 0.6 is 0 Å². The molecule has 0 fully saturated rings. The number of benzene rings is 1. The van der Waals surface area contributed by atoms with Crippen molar-refractivity contribution in [3.63, 3.8) is 0 Å². The van der Waals surface area contributed by atoms with Crippen molar-refractivity contribution in [2.24, 2.45) is 0 Å². The third-order valence-electron chi connectivity index (χ3n) is 2.23. The Labute approximate surface area is 88.3 Å². The molecule has 0 aliphatic carbocycles. The van der Waals surface area contributed by atoms with Crippen LogP contribution in [0, 0.1) is 0 Å². The molecule has 1 heterocycles. The molecule has 2 rings (SSSR count). The van der Waals surface area contributed by atoms with Gasteiger partial charge in [-0.3, -0.25) is 4.68 Å². The first-order valence-electron chi connectivity index (χ1n) is 4.71. The minimum atomic E-state index is 0.186. The number of rotatable bonds is 3. The first kappa shape index (κ1) is 9.52. The van der Waals surface area contributed by atoms with Gasteiger partial charge >= 0.3 is 0 Å². The van der Waals surface area contributed by atoms with Crippen LogP contribution in [0.3, 0.4) is 0 Å². The van der Waals surface area contributed by atoms with Gasteiger partial charge in [-0.1, -0.05) is 36.9 Å². The van der Waals surface area contributed by atoms with Gasteiger partial charge in [-0.25, -0.2) is 0 Å². The highest BCUT2D eigenvalue weighted by Crippen LogP contribution is 2.13. The lowest BCUT2D eigenvalue weighted by Crippen LogP contribution is -2.01. The van der Waals surface area contributed by atoms with E-state index in [9.17, 15) is 0 Å². The topological polar surface area (TPSA) is 38.0 Å². The molecule has 1 N–H and O–H groups in total. The minimum Gasteiger partial charge on any atom is -0.505 e. The predicted octanol–water partition coefficient (Wildman–Crippen LogP) is 2.28. The molecule has 0 aliphatic heterocycles. The Morgan fingerprint density at radius 2 is 2.20 bits per heavy atom. The van der Waals surface area contributed by atoms with Crippen molar-refractivity contribution in [1.29, 1.82) is 0 Å². The summed E-state index contributed by atoms with van der Waals surface area (Å²) in [6, 6.07) is 7.98. The molecule has 76 valence electrons. The van der Waals surface area contributed by atoms with Crippen molar-refractivity contribution < 1.29 is 5.11 Å². The zero-order chi connectivity index (χ0) is 10.7. The van der Waals surface area contributed by atoms with E-state index in [2.05, 4.69) is 11.7 Å². The van der Waals surface area contributed by atoms with E-state index in [1.54, 1.807) is 10.9 Å². The molecule has 0 aliphatic rings. The Morgan fingerprint density at radius 1 is 1.40 bits per heavy atom. The number of aromatic hydroxyl groups is 1. The maximum Gasteiger partial charge on any atom is 0.153 e. The highest BCUT2D eigenvalue weighted by Gasteiger charge is 2.00. The van der Waals surface area contributed by atoms with E-state index in [-0.39, 0.29) is 5.75 Å². The van der Waals surface area contributed by atoms with Gasteiger partial charge in [-0.05, 0) is 11.1 Å². The predicted molar refractivity (Wildman–Crippen MR) is 59.5 cm³/mol. The van der Waals surface area contributed by atoms with Crippen molar-refractivity contribution in [3.8, 4) is 5.75 Å². The summed E-state index contributed by atoms with van der Waals surface area (Å²) < 4.78 is 1.69. The molecular formula is C12H12N2O. The zero-order valence-electron chi connectivity index (χ0n) is 8.30. The number of hydrogen-bond donors (Lipinski definition) is 1. The van der Waals surface area contributed by atoms with Crippen molar-refractivity contribution in [1.82, 2.24) is 9.78 Å². The fraction of sp³-hybridized carbons (Fsp3) is 0.0833. The minimum absolute atomic E-state index is 0.186. The summed E-state index contributed by atoms with van der Waals surface area (Å²) in [4.78, 5) is 0. The third-order valence-corrected chi connectivity index (χ3v) is 2.23. The lowest BCUT2D eigenvalue weighted by molar-refractivity contribution is 0.474. The van der Waals surface area contributed by atoms with Crippen LogP contribution in [0.2, 0.25) is 0 Å². The third kappa shape index (κ3) is 2.07. The summed E-state index contributed by atoms with van der Waals surface area (Å²) in [6.45, 7) is 4.40. The number of aromatic nitrogens is 2. The largest absolute Gasteiger partial charge is 0.505 e. The summed E-state index contributed by atoms with van der Waals surface area (Å²) in [5.41, 5.74) is 2.23. The molecule has 3 heteroatoms. The summed E-state index contributed by atoms with van der Waals surface area (Å²) in [5.74, 6) is 0.186. The van der Waals surface area contributed by atoms with Gasteiger partial charge < -0.3 is 5.11 Å². The van der Waals surface area contributed by atoms with Crippen LogP contribution in [0.5, 0.6) is 5.75 Å². The molecule has 0 amide bonds. The van der Waals surface area contributed by atoms with Crippen LogP contribution in [0.1, 0.15) is 11.1 Å². The average molecular weight is 200 g/mol. The Hall–Kier alpha value is -2.03. The van der Waals surface area contributed by atoms with Crippen LogP contribution in [-0.2, 0) is 6.54 Å². The van der Waals surface area contributed by atoms with Gasteiger partial charge in [0.05, 0.1) is 18.9 Å². The zero-order valence-corrected chi connectivity index (χ0v) is 8.30. The first-order valence-corrected chi connectivity index (χ1v) is 4.71. The van der Waals surface area contributed by atoms with Crippen molar-refractivity contribution >= 4 is 6.08 Å². The highest BCUT2D eigenvalue weighted by molar-refractivity contribution is 5.51. The van der Waals surface area contributed by atoms with Gasteiger partial charge in [-0.15, -0.1) is 0 Å². The Kier molecular flexibility index (Phi) is 2.54. The fourth-order valence-electron chi connectivity index (χ4n) is 1.49. The van der Waals surface area contributed by atoms with Gasteiger partial charge in [0.15, 0.2) is 5.75 Å². The quantitative estimate of drug-likeness (QED) is 0.825. The first-order chi connectivity index (χ1) is 7.29. The van der Waals surface area contributed by atoms with Gasteiger partial charge in [0.2, 0.25) is 0 Å². The Bertz CT molecular complexity index is 474. The van der Waals surface area contributed by atoms with Crippen LogP contribution < -0.4 is 0 Å². The van der Waals surface area contributed by atoms with Crippen molar-refractivity contribution in [3.05, 3.63) is 54.4 Å². The van der Waals surface area contributed by atoms with Crippen LogP contribution in [0.15, 0.2) is 43.2 Å². The molecule has 1 aromatic carbocycles. The normalized spacial score (nSPS) is 10.1. The van der Waals surface area contributed by atoms with E-state index in [0.29, 0.717) is 6.54 Å².